The second-order valence-electron chi connectivity index (χ2n) is 5.72. The molecule has 0 saturated heterocycles. The zero-order valence-electron chi connectivity index (χ0n) is 15.6. The van der Waals surface area contributed by atoms with Crippen LogP contribution in [-0.4, -0.2) is 33.5 Å². The molecule has 4 nitrogen and oxygen atoms in total. The summed E-state index contributed by atoms with van der Waals surface area (Å²) < 4.78 is 0. The molecule has 0 aliphatic carbocycles. The predicted octanol–water partition coefficient (Wildman–Crippen LogP) is 4.49. The van der Waals surface area contributed by atoms with Crippen LogP contribution in [0, 0.1) is 0 Å². The molecular formula is C22H32O4. The van der Waals surface area contributed by atoms with Gasteiger partial charge in [-0.15, -0.1) is 0 Å². The Balaban J connectivity index is 3.72. The predicted molar refractivity (Wildman–Crippen MR) is 108 cm³/mol. The summed E-state index contributed by atoms with van der Waals surface area (Å²) in [5.41, 5.74) is 0. The summed E-state index contributed by atoms with van der Waals surface area (Å²) in [6, 6.07) is 0. The highest BCUT2D eigenvalue weighted by Crippen LogP contribution is 2.00. The number of aliphatic hydroxyl groups excluding tert-OH is 2. The van der Waals surface area contributed by atoms with Gasteiger partial charge in [0.15, 0.2) is 0 Å². The second kappa shape index (κ2) is 17.6. The quantitative estimate of drug-likeness (QED) is 0.315. The van der Waals surface area contributed by atoms with Crippen molar-refractivity contribution < 1.29 is 20.1 Å². The minimum Gasteiger partial charge on any atom is -0.481 e. The van der Waals surface area contributed by atoms with Crippen molar-refractivity contribution in [1.82, 2.24) is 0 Å². The average Bonchev–Trinajstić information content (AvgIpc) is 2.63. The van der Waals surface area contributed by atoms with E-state index in [-0.39, 0.29) is 6.42 Å². The molecule has 0 aromatic heterocycles. The zero-order valence-corrected chi connectivity index (χ0v) is 15.6. The fourth-order valence-electron chi connectivity index (χ4n) is 1.87. The number of aliphatic hydroxyl groups is 2. The molecule has 0 fully saturated rings. The van der Waals surface area contributed by atoms with Gasteiger partial charge in [0.25, 0.3) is 0 Å². The van der Waals surface area contributed by atoms with Gasteiger partial charge in [-0.2, -0.15) is 0 Å². The van der Waals surface area contributed by atoms with Crippen LogP contribution in [0.1, 0.15) is 45.4 Å². The topological polar surface area (TPSA) is 77.8 Å². The molecule has 0 saturated carbocycles. The summed E-state index contributed by atoms with van der Waals surface area (Å²) >= 11 is 0. The van der Waals surface area contributed by atoms with E-state index in [1.165, 1.54) is 0 Å². The Hall–Kier alpha value is -2.17. The summed E-state index contributed by atoms with van der Waals surface area (Å²) in [6.45, 7) is 1.83. The lowest BCUT2D eigenvalue weighted by Gasteiger charge is -2.10. The maximum absolute atomic E-state index is 10.3. The first-order chi connectivity index (χ1) is 12.6. The fraction of sp³-hybridized carbons (Fsp3) is 0.409. The Bertz CT molecular complexity index is 524. The van der Waals surface area contributed by atoms with Gasteiger partial charge in [-0.1, -0.05) is 79.8 Å². The molecule has 0 heterocycles. The third-order valence-electron chi connectivity index (χ3n) is 3.43. The third kappa shape index (κ3) is 16.7. The lowest BCUT2D eigenvalue weighted by Crippen LogP contribution is -2.22. The van der Waals surface area contributed by atoms with Crippen LogP contribution >= 0.6 is 0 Å². The highest BCUT2D eigenvalue weighted by atomic mass is 16.4. The monoisotopic (exact) mass is 360 g/mol. The molecule has 0 aromatic rings. The van der Waals surface area contributed by atoms with Crippen molar-refractivity contribution in [3.05, 3.63) is 72.9 Å². The van der Waals surface area contributed by atoms with Gasteiger partial charge in [-0.05, 0) is 32.1 Å². The first kappa shape index (κ1) is 23.8. The van der Waals surface area contributed by atoms with E-state index in [0.717, 1.165) is 19.3 Å². The Morgan fingerprint density at radius 2 is 1.35 bits per heavy atom. The van der Waals surface area contributed by atoms with E-state index < -0.39 is 18.2 Å². The maximum Gasteiger partial charge on any atom is 0.303 e. The molecular weight excluding hydrogens is 328 g/mol. The Labute approximate surface area is 157 Å². The van der Waals surface area contributed by atoms with Crippen LogP contribution in [0.2, 0.25) is 0 Å². The van der Waals surface area contributed by atoms with Crippen LogP contribution in [0.5, 0.6) is 0 Å². The van der Waals surface area contributed by atoms with Gasteiger partial charge in [-0.25, -0.2) is 0 Å². The number of allylic oxidation sites excluding steroid dienone is 11. The van der Waals surface area contributed by atoms with Gasteiger partial charge < -0.3 is 15.3 Å². The van der Waals surface area contributed by atoms with Crippen molar-refractivity contribution >= 4 is 5.97 Å². The lowest BCUT2D eigenvalue weighted by molar-refractivity contribution is -0.136. The normalized spacial score (nSPS) is 15.5. The van der Waals surface area contributed by atoms with Crippen LogP contribution in [-0.2, 0) is 4.79 Å². The van der Waals surface area contributed by atoms with Gasteiger partial charge in [0.1, 0.15) is 0 Å². The van der Waals surface area contributed by atoms with E-state index in [0.29, 0.717) is 12.8 Å². The van der Waals surface area contributed by atoms with Gasteiger partial charge in [0, 0.05) is 6.42 Å². The van der Waals surface area contributed by atoms with Crippen LogP contribution in [0.4, 0.5) is 0 Å². The smallest absolute Gasteiger partial charge is 0.303 e. The van der Waals surface area contributed by atoms with E-state index in [2.05, 4.69) is 24.3 Å². The average molecular weight is 360 g/mol. The molecule has 2 atom stereocenters. The molecule has 26 heavy (non-hydrogen) atoms. The van der Waals surface area contributed by atoms with E-state index in [1.54, 1.807) is 12.2 Å². The fourth-order valence-corrected chi connectivity index (χ4v) is 1.87. The summed E-state index contributed by atoms with van der Waals surface area (Å²) in [6.07, 6.45) is 25.5. The largest absolute Gasteiger partial charge is 0.481 e. The molecule has 3 N–H and O–H groups in total. The van der Waals surface area contributed by atoms with Crippen LogP contribution < -0.4 is 0 Å². The number of aliphatic carboxylic acids is 1. The molecule has 0 radical (unpaired) electrons. The van der Waals surface area contributed by atoms with Crippen molar-refractivity contribution in [3.8, 4) is 0 Å². The van der Waals surface area contributed by atoms with Gasteiger partial charge in [0.2, 0.25) is 0 Å². The SMILES string of the molecule is CC[C@H](O)[C@@H](O)/C=C/C=C/C=C\C/C=C\C/C=C\C/C=C\CCC(=O)O. The first-order valence-electron chi connectivity index (χ1n) is 9.10. The molecule has 0 unspecified atom stereocenters. The van der Waals surface area contributed by atoms with Crippen LogP contribution in [0.15, 0.2) is 72.9 Å². The molecule has 0 bridgehead atoms. The molecule has 0 amide bonds. The van der Waals surface area contributed by atoms with E-state index in [1.807, 2.05) is 43.4 Å². The van der Waals surface area contributed by atoms with Crippen LogP contribution in [0.25, 0.3) is 0 Å². The summed E-state index contributed by atoms with van der Waals surface area (Å²) in [5, 5.41) is 27.4. The third-order valence-corrected chi connectivity index (χ3v) is 3.43. The van der Waals surface area contributed by atoms with Crippen molar-refractivity contribution in [2.24, 2.45) is 0 Å². The van der Waals surface area contributed by atoms with Crippen molar-refractivity contribution in [2.45, 2.75) is 57.7 Å². The van der Waals surface area contributed by atoms with Gasteiger partial charge >= 0.3 is 5.97 Å². The summed E-state index contributed by atoms with van der Waals surface area (Å²) in [4.78, 5) is 10.3. The number of carbonyl (C=O) groups is 1. The Kier molecular flexibility index (Phi) is 16.2. The number of carboxylic acids is 1. The summed E-state index contributed by atoms with van der Waals surface area (Å²) in [5.74, 6) is -0.762. The number of carboxylic acid groups (broad SMARTS) is 1. The van der Waals surface area contributed by atoms with E-state index >= 15 is 0 Å². The highest BCUT2D eigenvalue weighted by molar-refractivity contribution is 5.66. The summed E-state index contributed by atoms with van der Waals surface area (Å²) in [7, 11) is 0. The minimum atomic E-state index is -0.815. The lowest BCUT2D eigenvalue weighted by atomic mass is 10.1. The van der Waals surface area contributed by atoms with Gasteiger partial charge in [-0.3, -0.25) is 4.79 Å². The minimum absolute atomic E-state index is 0.186. The second-order valence-corrected chi connectivity index (χ2v) is 5.72. The maximum atomic E-state index is 10.3. The molecule has 0 aliphatic rings. The van der Waals surface area contributed by atoms with E-state index in [9.17, 15) is 15.0 Å². The van der Waals surface area contributed by atoms with Crippen molar-refractivity contribution in [3.63, 3.8) is 0 Å². The molecule has 0 aromatic carbocycles. The molecule has 144 valence electrons. The van der Waals surface area contributed by atoms with Crippen molar-refractivity contribution in [2.75, 3.05) is 0 Å². The molecule has 0 rings (SSSR count). The number of hydrogen-bond acceptors (Lipinski definition) is 3. The van der Waals surface area contributed by atoms with Crippen molar-refractivity contribution in [1.29, 1.82) is 0 Å². The number of hydrogen-bond donors (Lipinski definition) is 3. The highest BCUT2D eigenvalue weighted by Gasteiger charge is 2.08. The first-order valence-corrected chi connectivity index (χ1v) is 9.10. The molecule has 4 heteroatoms. The zero-order chi connectivity index (χ0) is 19.5. The molecule has 0 aliphatic heterocycles. The Morgan fingerprint density at radius 3 is 1.92 bits per heavy atom. The standard InChI is InChI=1S/C22H32O4/c1-2-20(23)21(24)18-16-14-12-10-8-6-4-3-5-7-9-11-13-15-17-19-22(25)26/h3-4,7-10,12-16,18,20-21,23-24H,2,5-6,11,17,19H2,1H3,(H,25,26)/b4-3-,9-7-,10-8-,14-12+,15-13-,18-16+/t20-,21-/m0/s1. The van der Waals surface area contributed by atoms with Gasteiger partial charge in [0.05, 0.1) is 12.2 Å². The number of rotatable bonds is 14. The molecule has 0 spiro atoms. The Morgan fingerprint density at radius 1 is 0.808 bits per heavy atom. The van der Waals surface area contributed by atoms with E-state index in [4.69, 9.17) is 5.11 Å². The van der Waals surface area contributed by atoms with Crippen LogP contribution in [0.3, 0.4) is 0 Å².